The summed E-state index contributed by atoms with van der Waals surface area (Å²) in [7, 11) is 0. The number of nitrogens with one attached hydrogen (secondary N) is 1. The number of hydrogen-bond donors (Lipinski definition) is 1. The number of H-pyrrole nitrogens is 1. The van der Waals surface area contributed by atoms with Crippen molar-refractivity contribution in [2.24, 2.45) is 0 Å². The fourth-order valence-corrected chi connectivity index (χ4v) is 2.54. The van der Waals surface area contributed by atoms with E-state index in [1.807, 2.05) is 18.7 Å². The van der Waals surface area contributed by atoms with E-state index in [9.17, 15) is 4.79 Å². The highest BCUT2D eigenvalue weighted by Crippen LogP contribution is 2.19. The molecule has 1 N–H and O–H groups in total. The molecule has 7 heteroatoms. The van der Waals surface area contributed by atoms with E-state index in [-0.39, 0.29) is 12.0 Å². The van der Waals surface area contributed by atoms with Crippen molar-refractivity contribution in [1.82, 2.24) is 25.1 Å². The van der Waals surface area contributed by atoms with E-state index >= 15 is 0 Å². The summed E-state index contributed by atoms with van der Waals surface area (Å²) in [6.45, 7) is 5.15. The maximum atomic E-state index is 12.5. The van der Waals surface area contributed by atoms with Gasteiger partial charge in [0.15, 0.2) is 5.69 Å². The first-order valence-electron chi connectivity index (χ1n) is 7.38. The zero-order valence-electron chi connectivity index (χ0n) is 12.7. The number of carbonyl (C=O) groups is 1. The van der Waals surface area contributed by atoms with Crippen molar-refractivity contribution in [2.75, 3.05) is 13.1 Å². The molecule has 7 nitrogen and oxygen atoms in total. The van der Waals surface area contributed by atoms with Crippen molar-refractivity contribution in [1.29, 1.82) is 0 Å². The number of likely N-dealkylation sites (tertiary alicyclic amines) is 1. The first-order valence-corrected chi connectivity index (χ1v) is 7.38. The quantitative estimate of drug-likeness (QED) is 0.928. The molecule has 0 unspecified atom stereocenters. The SMILES string of the molecule is Cc1[nH]nc(C(=O)N2CCC(Oc3cnccn3)CC2)c1C. The molecule has 0 aromatic carbocycles. The molecule has 2 aromatic rings. The lowest BCUT2D eigenvalue weighted by Crippen LogP contribution is -2.42. The number of aryl methyl sites for hydroxylation is 1. The van der Waals surface area contributed by atoms with E-state index in [4.69, 9.17) is 4.74 Å². The van der Waals surface area contributed by atoms with Crippen LogP contribution in [-0.2, 0) is 0 Å². The van der Waals surface area contributed by atoms with E-state index in [1.165, 1.54) is 0 Å². The summed E-state index contributed by atoms with van der Waals surface area (Å²) in [6.07, 6.45) is 6.46. The van der Waals surface area contributed by atoms with Gasteiger partial charge in [-0.05, 0) is 13.8 Å². The van der Waals surface area contributed by atoms with Crippen LogP contribution in [-0.4, -0.2) is 50.2 Å². The Kier molecular flexibility index (Phi) is 4.04. The van der Waals surface area contributed by atoms with Gasteiger partial charge >= 0.3 is 0 Å². The van der Waals surface area contributed by atoms with Gasteiger partial charge in [0.05, 0.1) is 6.20 Å². The number of ether oxygens (including phenoxy) is 1. The van der Waals surface area contributed by atoms with Crippen molar-refractivity contribution in [3.63, 3.8) is 0 Å². The summed E-state index contributed by atoms with van der Waals surface area (Å²) in [5.41, 5.74) is 2.37. The lowest BCUT2D eigenvalue weighted by molar-refractivity contribution is 0.0581. The van der Waals surface area contributed by atoms with Gasteiger partial charge in [0, 0.05) is 49.6 Å². The van der Waals surface area contributed by atoms with Crippen molar-refractivity contribution < 1.29 is 9.53 Å². The maximum Gasteiger partial charge on any atom is 0.274 e. The number of rotatable bonds is 3. The fourth-order valence-electron chi connectivity index (χ4n) is 2.54. The van der Waals surface area contributed by atoms with Gasteiger partial charge in [0.2, 0.25) is 5.88 Å². The Morgan fingerprint density at radius 1 is 1.32 bits per heavy atom. The Labute approximate surface area is 128 Å². The molecule has 3 rings (SSSR count). The van der Waals surface area contributed by atoms with Gasteiger partial charge in [0.1, 0.15) is 6.10 Å². The molecular formula is C15H19N5O2. The molecule has 0 aliphatic carbocycles. The Morgan fingerprint density at radius 2 is 2.09 bits per heavy atom. The van der Waals surface area contributed by atoms with Crippen LogP contribution in [0.1, 0.15) is 34.6 Å². The van der Waals surface area contributed by atoms with Crippen LogP contribution < -0.4 is 4.74 Å². The minimum Gasteiger partial charge on any atom is -0.473 e. The third-order valence-corrected chi connectivity index (χ3v) is 4.01. The molecule has 1 amide bonds. The smallest absolute Gasteiger partial charge is 0.274 e. The monoisotopic (exact) mass is 301 g/mol. The van der Waals surface area contributed by atoms with Crippen LogP contribution in [0, 0.1) is 13.8 Å². The van der Waals surface area contributed by atoms with Crippen LogP contribution in [0.25, 0.3) is 0 Å². The second-order valence-corrected chi connectivity index (χ2v) is 5.48. The highest BCUT2D eigenvalue weighted by atomic mass is 16.5. The number of piperidine rings is 1. The second-order valence-electron chi connectivity index (χ2n) is 5.48. The summed E-state index contributed by atoms with van der Waals surface area (Å²) >= 11 is 0. The summed E-state index contributed by atoms with van der Waals surface area (Å²) < 4.78 is 5.78. The molecule has 116 valence electrons. The highest BCUT2D eigenvalue weighted by molar-refractivity contribution is 5.93. The lowest BCUT2D eigenvalue weighted by atomic mass is 10.1. The first kappa shape index (κ1) is 14.5. The third kappa shape index (κ3) is 2.93. The van der Waals surface area contributed by atoms with Crippen molar-refractivity contribution in [3.8, 4) is 5.88 Å². The Balaban J connectivity index is 1.57. The van der Waals surface area contributed by atoms with E-state index < -0.39 is 0 Å². The molecule has 1 saturated heterocycles. The predicted molar refractivity (Wildman–Crippen MR) is 79.6 cm³/mol. The van der Waals surface area contributed by atoms with Crippen LogP contribution in [0.3, 0.4) is 0 Å². The van der Waals surface area contributed by atoms with Gasteiger partial charge in [-0.15, -0.1) is 0 Å². The van der Waals surface area contributed by atoms with E-state index in [2.05, 4.69) is 20.2 Å². The number of aromatic nitrogens is 4. The molecule has 2 aromatic heterocycles. The van der Waals surface area contributed by atoms with Crippen molar-refractivity contribution >= 4 is 5.91 Å². The van der Waals surface area contributed by atoms with E-state index in [0.29, 0.717) is 24.7 Å². The Bertz CT molecular complexity index is 647. The number of aromatic amines is 1. The normalized spacial score (nSPS) is 15.8. The fraction of sp³-hybridized carbons (Fsp3) is 0.467. The second kappa shape index (κ2) is 6.13. The van der Waals surface area contributed by atoms with Crippen LogP contribution in [0.15, 0.2) is 18.6 Å². The van der Waals surface area contributed by atoms with Gasteiger partial charge in [-0.3, -0.25) is 14.9 Å². The predicted octanol–water partition coefficient (Wildman–Crippen LogP) is 1.50. The van der Waals surface area contributed by atoms with Gasteiger partial charge in [-0.1, -0.05) is 0 Å². The highest BCUT2D eigenvalue weighted by Gasteiger charge is 2.27. The van der Waals surface area contributed by atoms with E-state index in [1.54, 1.807) is 18.6 Å². The van der Waals surface area contributed by atoms with Gasteiger partial charge in [0.25, 0.3) is 5.91 Å². The molecule has 0 radical (unpaired) electrons. The minimum absolute atomic E-state index is 0.0141. The molecule has 22 heavy (non-hydrogen) atoms. The number of carbonyl (C=O) groups excluding carboxylic acids is 1. The van der Waals surface area contributed by atoms with Crippen LogP contribution in [0.4, 0.5) is 0 Å². The topological polar surface area (TPSA) is 84.0 Å². The standard InChI is InChI=1S/C15H19N5O2/c1-10-11(2)18-19-14(10)15(21)20-7-3-12(4-8-20)22-13-9-16-5-6-17-13/h5-6,9,12H,3-4,7-8H2,1-2H3,(H,18,19). The lowest BCUT2D eigenvalue weighted by Gasteiger charge is -2.31. The van der Waals surface area contributed by atoms with Gasteiger partial charge in [-0.25, -0.2) is 4.98 Å². The number of nitrogens with zero attached hydrogens (tertiary/aromatic N) is 4. The van der Waals surface area contributed by atoms with Crippen molar-refractivity contribution in [3.05, 3.63) is 35.5 Å². The Hall–Kier alpha value is -2.44. The summed E-state index contributed by atoms with van der Waals surface area (Å²) in [4.78, 5) is 22.4. The maximum absolute atomic E-state index is 12.5. The molecule has 0 atom stereocenters. The minimum atomic E-state index is -0.0141. The summed E-state index contributed by atoms with van der Waals surface area (Å²) in [5, 5.41) is 6.97. The zero-order chi connectivity index (χ0) is 15.5. The largest absolute Gasteiger partial charge is 0.473 e. The van der Waals surface area contributed by atoms with E-state index in [0.717, 1.165) is 24.1 Å². The van der Waals surface area contributed by atoms with Crippen LogP contribution in [0.5, 0.6) is 5.88 Å². The van der Waals surface area contributed by atoms with Gasteiger partial charge in [-0.2, -0.15) is 5.10 Å². The molecule has 0 bridgehead atoms. The molecule has 1 aliphatic rings. The molecule has 3 heterocycles. The molecule has 0 spiro atoms. The summed E-state index contributed by atoms with van der Waals surface area (Å²) in [6, 6.07) is 0. The molecule has 1 fully saturated rings. The number of amides is 1. The van der Waals surface area contributed by atoms with Crippen LogP contribution >= 0.6 is 0 Å². The zero-order valence-corrected chi connectivity index (χ0v) is 12.7. The third-order valence-electron chi connectivity index (χ3n) is 4.01. The van der Waals surface area contributed by atoms with Crippen LogP contribution in [0.2, 0.25) is 0 Å². The summed E-state index contributed by atoms with van der Waals surface area (Å²) in [5.74, 6) is 0.519. The molecular weight excluding hydrogens is 282 g/mol. The number of hydrogen-bond acceptors (Lipinski definition) is 5. The molecule has 0 saturated carbocycles. The van der Waals surface area contributed by atoms with Crippen molar-refractivity contribution in [2.45, 2.75) is 32.8 Å². The first-order chi connectivity index (χ1) is 10.6. The Morgan fingerprint density at radius 3 is 2.68 bits per heavy atom. The average molecular weight is 301 g/mol. The molecule has 1 aliphatic heterocycles. The van der Waals surface area contributed by atoms with Gasteiger partial charge < -0.3 is 9.64 Å². The average Bonchev–Trinajstić information content (AvgIpc) is 2.88.